The summed E-state index contributed by atoms with van der Waals surface area (Å²) in [6, 6.07) is 12.9. The molecule has 0 aliphatic carbocycles. The van der Waals surface area contributed by atoms with Gasteiger partial charge < -0.3 is 9.64 Å². The first kappa shape index (κ1) is 22.0. The van der Waals surface area contributed by atoms with Gasteiger partial charge in [0, 0.05) is 29.4 Å². The molecule has 158 valence electrons. The summed E-state index contributed by atoms with van der Waals surface area (Å²) in [6.45, 7) is 7.76. The first-order chi connectivity index (χ1) is 13.6. The first-order valence-corrected chi connectivity index (χ1v) is 10.3. The molecule has 1 saturated heterocycles. The van der Waals surface area contributed by atoms with Crippen molar-refractivity contribution in [1.82, 2.24) is 4.90 Å². The molecule has 1 aliphatic heterocycles. The number of ether oxygens (including phenoxy) is 1. The lowest BCUT2D eigenvalue weighted by atomic mass is 9.83. The minimum absolute atomic E-state index is 0.0749. The van der Waals surface area contributed by atoms with Crippen LogP contribution < -0.4 is 4.74 Å². The highest BCUT2D eigenvalue weighted by Gasteiger charge is 2.31. The molecule has 1 heterocycles. The maximum Gasteiger partial charge on any atom is 0.416 e. The number of benzene rings is 2. The Kier molecular flexibility index (Phi) is 6.79. The third kappa shape index (κ3) is 5.89. The fourth-order valence-corrected chi connectivity index (χ4v) is 4.43. The molecule has 0 spiro atoms. The van der Waals surface area contributed by atoms with Crippen LogP contribution in [0.15, 0.2) is 48.5 Å². The molecule has 3 rings (SSSR count). The van der Waals surface area contributed by atoms with E-state index < -0.39 is 11.7 Å². The van der Waals surface area contributed by atoms with E-state index in [9.17, 15) is 13.2 Å². The molecule has 1 fully saturated rings. The van der Waals surface area contributed by atoms with E-state index in [1.165, 1.54) is 12.1 Å². The minimum atomic E-state index is -4.32. The third-order valence-electron chi connectivity index (χ3n) is 5.49. The van der Waals surface area contributed by atoms with E-state index in [1.54, 1.807) is 0 Å². The molecule has 0 N–H and O–H groups in total. The SMILES string of the molecule is CC(C)(CN1CCCC(COc2ccc(C(F)(F)F)cc2)C1)c1ccccc1Cl. The van der Waals surface area contributed by atoms with E-state index in [1.807, 2.05) is 18.2 Å². The van der Waals surface area contributed by atoms with E-state index in [4.69, 9.17) is 16.3 Å². The van der Waals surface area contributed by atoms with E-state index >= 15 is 0 Å². The third-order valence-corrected chi connectivity index (χ3v) is 5.82. The number of hydrogen-bond donors (Lipinski definition) is 0. The number of nitrogens with zero attached hydrogens (tertiary/aromatic N) is 1. The Balaban J connectivity index is 1.55. The van der Waals surface area contributed by atoms with Gasteiger partial charge in [-0.15, -0.1) is 0 Å². The molecular formula is C23H27ClF3NO. The summed E-state index contributed by atoms with van der Waals surface area (Å²) in [5.41, 5.74) is 0.411. The molecule has 6 heteroatoms. The maximum absolute atomic E-state index is 12.7. The normalized spacial score (nSPS) is 18.6. The summed E-state index contributed by atoms with van der Waals surface area (Å²) < 4.78 is 43.8. The maximum atomic E-state index is 12.7. The van der Waals surface area contributed by atoms with Crippen LogP contribution in [0.3, 0.4) is 0 Å². The van der Waals surface area contributed by atoms with E-state index in [-0.39, 0.29) is 5.41 Å². The van der Waals surface area contributed by atoms with Crippen LogP contribution in [-0.2, 0) is 11.6 Å². The largest absolute Gasteiger partial charge is 0.493 e. The van der Waals surface area contributed by atoms with Crippen molar-refractivity contribution in [3.63, 3.8) is 0 Å². The van der Waals surface area contributed by atoms with Crippen molar-refractivity contribution in [2.75, 3.05) is 26.2 Å². The van der Waals surface area contributed by atoms with Gasteiger partial charge in [0.05, 0.1) is 12.2 Å². The molecule has 0 saturated carbocycles. The summed E-state index contributed by atoms with van der Waals surface area (Å²) in [5, 5.41) is 0.789. The van der Waals surface area contributed by atoms with E-state index in [2.05, 4.69) is 24.8 Å². The lowest BCUT2D eigenvalue weighted by Gasteiger charge is -2.38. The van der Waals surface area contributed by atoms with Gasteiger partial charge in [0.1, 0.15) is 5.75 Å². The quantitative estimate of drug-likeness (QED) is 0.529. The molecule has 1 atom stereocenters. The predicted molar refractivity (Wildman–Crippen MR) is 111 cm³/mol. The van der Waals surface area contributed by atoms with Crippen molar-refractivity contribution in [3.05, 3.63) is 64.7 Å². The Bertz CT molecular complexity index is 805. The average molecular weight is 426 g/mol. The predicted octanol–water partition coefficient (Wildman–Crippen LogP) is 6.43. The summed E-state index contributed by atoms with van der Waals surface area (Å²) >= 11 is 6.40. The standard InChI is InChI=1S/C23H27ClF3NO/c1-22(2,20-7-3-4-8-21(20)24)16-28-13-5-6-17(14-28)15-29-19-11-9-18(10-12-19)23(25,26)27/h3-4,7-12,17H,5-6,13-16H2,1-2H3. The minimum Gasteiger partial charge on any atom is -0.493 e. The van der Waals surface area contributed by atoms with Crippen LogP contribution in [0.25, 0.3) is 0 Å². The first-order valence-electron chi connectivity index (χ1n) is 9.92. The lowest BCUT2D eigenvalue weighted by Crippen LogP contribution is -2.44. The fourth-order valence-electron chi connectivity index (χ4n) is 4.04. The Morgan fingerprint density at radius 1 is 1.07 bits per heavy atom. The number of hydrogen-bond acceptors (Lipinski definition) is 2. The van der Waals surface area contributed by atoms with Gasteiger partial charge in [0.15, 0.2) is 0 Å². The van der Waals surface area contributed by atoms with Gasteiger partial charge in [-0.3, -0.25) is 0 Å². The monoisotopic (exact) mass is 425 g/mol. The molecule has 1 aliphatic rings. The molecule has 1 unspecified atom stereocenters. The Morgan fingerprint density at radius 2 is 1.76 bits per heavy atom. The smallest absolute Gasteiger partial charge is 0.416 e. The molecular weight excluding hydrogens is 399 g/mol. The van der Waals surface area contributed by atoms with Crippen molar-refractivity contribution in [2.45, 2.75) is 38.3 Å². The van der Waals surface area contributed by atoms with Gasteiger partial charge in [-0.25, -0.2) is 0 Å². The second-order valence-electron chi connectivity index (χ2n) is 8.44. The Labute approximate surface area is 175 Å². The highest BCUT2D eigenvalue weighted by molar-refractivity contribution is 6.31. The van der Waals surface area contributed by atoms with Gasteiger partial charge in [-0.1, -0.05) is 43.6 Å². The second-order valence-corrected chi connectivity index (χ2v) is 8.85. The molecule has 0 radical (unpaired) electrons. The van der Waals surface area contributed by atoms with Crippen LogP contribution in [0.2, 0.25) is 5.02 Å². The highest BCUT2D eigenvalue weighted by Crippen LogP contribution is 2.32. The van der Waals surface area contributed by atoms with Crippen LogP contribution in [0, 0.1) is 5.92 Å². The van der Waals surface area contributed by atoms with Crippen molar-refractivity contribution in [2.24, 2.45) is 5.92 Å². The summed E-state index contributed by atoms with van der Waals surface area (Å²) in [4.78, 5) is 2.44. The van der Waals surface area contributed by atoms with Gasteiger partial charge in [0.25, 0.3) is 0 Å². The number of alkyl halides is 3. The van der Waals surface area contributed by atoms with Gasteiger partial charge in [-0.05, 0) is 55.3 Å². The molecule has 0 aromatic heterocycles. The van der Waals surface area contributed by atoms with Crippen molar-refractivity contribution < 1.29 is 17.9 Å². The summed E-state index contributed by atoms with van der Waals surface area (Å²) in [7, 11) is 0. The van der Waals surface area contributed by atoms with Crippen LogP contribution in [0.5, 0.6) is 5.75 Å². The topological polar surface area (TPSA) is 12.5 Å². The van der Waals surface area contributed by atoms with Crippen molar-refractivity contribution >= 4 is 11.6 Å². The fraction of sp³-hybridized carbons (Fsp3) is 0.478. The lowest BCUT2D eigenvalue weighted by molar-refractivity contribution is -0.137. The molecule has 0 amide bonds. The zero-order valence-electron chi connectivity index (χ0n) is 16.8. The van der Waals surface area contributed by atoms with Gasteiger partial charge in [-0.2, -0.15) is 13.2 Å². The molecule has 2 aromatic rings. The van der Waals surface area contributed by atoms with Crippen LogP contribution in [-0.4, -0.2) is 31.1 Å². The number of piperidine rings is 1. The summed E-state index contributed by atoms with van der Waals surface area (Å²) in [5.74, 6) is 0.833. The van der Waals surface area contributed by atoms with Gasteiger partial charge >= 0.3 is 6.18 Å². The number of likely N-dealkylation sites (tertiary alicyclic amines) is 1. The second kappa shape index (κ2) is 8.97. The number of halogens is 4. The van der Waals surface area contributed by atoms with E-state index in [0.29, 0.717) is 18.3 Å². The summed E-state index contributed by atoms with van der Waals surface area (Å²) in [6.07, 6.45) is -2.18. The van der Waals surface area contributed by atoms with Crippen molar-refractivity contribution in [1.29, 1.82) is 0 Å². The van der Waals surface area contributed by atoms with E-state index in [0.717, 1.165) is 55.2 Å². The Hall–Kier alpha value is -1.72. The molecule has 0 bridgehead atoms. The molecule has 29 heavy (non-hydrogen) atoms. The van der Waals surface area contributed by atoms with Crippen molar-refractivity contribution in [3.8, 4) is 5.75 Å². The Morgan fingerprint density at radius 3 is 2.41 bits per heavy atom. The zero-order chi connectivity index (χ0) is 21.1. The van der Waals surface area contributed by atoms with Gasteiger partial charge in [0.2, 0.25) is 0 Å². The van der Waals surface area contributed by atoms with Crippen LogP contribution >= 0.6 is 11.6 Å². The van der Waals surface area contributed by atoms with Crippen LogP contribution in [0.4, 0.5) is 13.2 Å². The average Bonchev–Trinajstić information content (AvgIpc) is 2.66. The molecule has 2 nitrogen and oxygen atoms in total. The number of rotatable bonds is 6. The zero-order valence-corrected chi connectivity index (χ0v) is 17.6. The van der Waals surface area contributed by atoms with Crippen LogP contribution in [0.1, 0.15) is 37.8 Å². The highest BCUT2D eigenvalue weighted by atomic mass is 35.5. The molecule has 2 aromatic carbocycles.